The summed E-state index contributed by atoms with van der Waals surface area (Å²) in [6, 6.07) is 10.4. The van der Waals surface area contributed by atoms with Gasteiger partial charge in [-0.2, -0.15) is 0 Å². The molecule has 2 N–H and O–H groups in total. The number of carbonyl (C=O) groups excluding carboxylic acids is 2. The van der Waals surface area contributed by atoms with Gasteiger partial charge in [0.15, 0.2) is 0 Å². The zero-order valence-electron chi connectivity index (χ0n) is 15.4. The summed E-state index contributed by atoms with van der Waals surface area (Å²) < 4.78 is 0. The molecule has 0 aromatic heterocycles. The summed E-state index contributed by atoms with van der Waals surface area (Å²) in [4.78, 5) is 26.8. The normalized spacial score (nSPS) is 27.3. The minimum absolute atomic E-state index is 0.101. The number of hydrogen-bond donors (Lipinski definition) is 2. The van der Waals surface area contributed by atoms with Gasteiger partial charge in [0.05, 0.1) is 12.0 Å². The molecule has 26 heavy (non-hydrogen) atoms. The third-order valence-electron chi connectivity index (χ3n) is 6.65. The minimum Gasteiger partial charge on any atom is -0.355 e. The molecule has 1 heterocycles. The summed E-state index contributed by atoms with van der Waals surface area (Å²) in [6.45, 7) is 3.64. The van der Waals surface area contributed by atoms with Gasteiger partial charge in [0.2, 0.25) is 11.8 Å². The Morgan fingerprint density at radius 1 is 1.19 bits per heavy atom. The van der Waals surface area contributed by atoms with E-state index in [0.29, 0.717) is 13.1 Å². The van der Waals surface area contributed by atoms with Gasteiger partial charge in [0.1, 0.15) is 0 Å². The highest BCUT2D eigenvalue weighted by molar-refractivity contribution is 5.93. The quantitative estimate of drug-likeness (QED) is 0.766. The molecule has 1 atom stereocenters. The van der Waals surface area contributed by atoms with Crippen LogP contribution in [0.15, 0.2) is 30.3 Å². The zero-order valence-corrected chi connectivity index (χ0v) is 15.4. The fraction of sp³-hybridized carbons (Fsp3) is 0.619. The first-order chi connectivity index (χ1) is 12.7. The lowest BCUT2D eigenvalue weighted by Crippen LogP contribution is -2.48. The third-order valence-corrected chi connectivity index (χ3v) is 6.65. The van der Waals surface area contributed by atoms with Gasteiger partial charge >= 0.3 is 0 Å². The van der Waals surface area contributed by atoms with E-state index >= 15 is 0 Å². The number of carbonyl (C=O) groups is 2. The van der Waals surface area contributed by atoms with Crippen LogP contribution in [-0.4, -0.2) is 49.4 Å². The molecule has 1 unspecified atom stereocenters. The van der Waals surface area contributed by atoms with Crippen molar-refractivity contribution in [3.63, 3.8) is 0 Å². The van der Waals surface area contributed by atoms with Crippen LogP contribution in [-0.2, 0) is 15.0 Å². The third kappa shape index (κ3) is 3.02. The van der Waals surface area contributed by atoms with Crippen LogP contribution in [0.4, 0.5) is 0 Å². The van der Waals surface area contributed by atoms with Crippen molar-refractivity contribution >= 4 is 11.8 Å². The molecule has 1 spiro atoms. The molecule has 0 radical (unpaired) electrons. The second-order valence-electron chi connectivity index (χ2n) is 8.17. The summed E-state index contributed by atoms with van der Waals surface area (Å²) in [7, 11) is 0. The number of benzene rings is 1. The van der Waals surface area contributed by atoms with Crippen molar-refractivity contribution in [3.05, 3.63) is 35.9 Å². The molecule has 5 heteroatoms. The molecule has 2 aliphatic carbocycles. The summed E-state index contributed by atoms with van der Waals surface area (Å²) in [5.41, 5.74) is 1.08. The number of amides is 2. The number of hydrogen-bond acceptors (Lipinski definition) is 3. The molecule has 1 saturated heterocycles. The van der Waals surface area contributed by atoms with Gasteiger partial charge in [-0.15, -0.1) is 0 Å². The van der Waals surface area contributed by atoms with Crippen molar-refractivity contribution in [1.29, 1.82) is 0 Å². The molecule has 1 aromatic rings. The Balaban J connectivity index is 1.35. The van der Waals surface area contributed by atoms with E-state index in [1.54, 1.807) is 0 Å². The molecule has 0 bridgehead atoms. The lowest BCUT2D eigenvalue weighted by molar-refractivity contribution is -0.125. The molecule has 2 amide bonds. The first-order valence-electron chi connectivity index (χ1n) is 9.99. The molecule has 1 aliphatic heterocycles. The molecule has 1 aromatic carbocycles. The SMILES string of the molecule is O=C1CN(CCCNC(=O)C2(c3ccccc3)CC23CCCC3)CCN1. The van der Waals surface area contributed by atoms with E-state index in [9.17, 15) is 9.59 Å². The fourth-order valence-corrected chi connectivity index (χ4v) is 5.24. The van der Waals surface area contributed by atoms with E-state index in [2.05, 4.69) is 27.7 Å². The molecular formula is C21H29N3O2. The van der Waals surface area contributed by atoms with Crippen molar-refractivity contribution in [3.8, 4) is 0 Å². The first kappa shape index (κ1) is 17.5. The summed E-state index contributed by atoms with van der Waals surface area (Å²) in [5, 5.41) is 6.06. The average molecular weight is 355 g/mol. The molecule has 3 aliphatic rings. The van der Waals surface area contributed by atoms with Gasteiger partial charge in [-0.1, -0.05) is 43.2 Å². The van der Waals surface area contributed by atoms with Crippen LogP contribution in [0.25, 0.3) is 0 Å². The van der Waals surface area contributed by atoms with Crippen molar-refractivity contribution in [2.75, 3.05) is 32.7 Å². The maximum absolute atomic E-state index is 13.2. The van der Waals surface area contributed by atoms with Crippen molar-refractivity contribution < 1.29 is 9.59 Å². The zero-order chi connectivity index (χ0) is 18.0. The highest BCUT2D eigenvalue weighted by atomic mass is 16.2. The van der Waals surface area contributed by atoms with Crippen LogP contribution >= 0.6 is 0 Å². The van der Waals surface area contributed by atoms with Crippen molar-refractivity contribution in [2.24, 2.45) is 5.41 Å². The predicted octanol–water partition coefficient (Wildman–Crippen LogP) is 1.83. The van der Waals surface area contributed by atoms with Gasteiger partial charge in [-0.25, -0.2) is 0 Å². The van der Waals surface area contributed by atoms with Crippen LogP contribution in [0.2, 0.25) is 0 Å². The molecule has 2 saturated carbocycles. The van der Waals surface area contributed by atoms with Crippen LogP contribution < -0.4 is 10.6 Å². The number of nitrogens with one attached hydrogen (secondary N) is 2. The van der Waals surface area contributed by atoms with Gasteiger partial charge in [-0.05, 0) is 36.7 Å². The van der Waals surface area contributed by atoms with Crippen LogP contribution in [0.3, 0.4) is 0 Å². The average Bonchev–Trinajstić information content (AvgIpc) is 3.07. The smallest absolute Gasteiger partial charge is 0.234 e. The van der Waals surface area contributed by atoms with E-state index in [0.717, 1.165) is 32.5 Å². The summed E-state index contributed by atoms with van der Waals surface area (Å²) >= 11 is 0. The Kier molecular flexibility index (Phi) is 4.74. The van der Waals surface area contributed by atoms with E-state index < -0.39 is 0 Å². The van der Waals surface area contributed by atoms with Gasteiger partial charge < -0.3 is 10.6 Å². The largest absolute Gasteiger partial charge is 0.355 e. The second kappa shape index (κ2) is 7.03. The predicted molar refractivity (Wildman–Crippen MR) is 101 cm³/mol. The number of piperazine rings is 1. The maximum atomic E-state index is 13.2. The van der Waals surface area contributed by atoms with Crippen LogP contribution in [0, 0.1) is 5.41 Å². The highest BCUT2D eigenvalue weighted by Crippen LogP contribution is 2.72. The van der Waals surface area contributed by atoms with E-state index in [4.69, 9.17) is 0 Å². The van der Waals surface area contributed by atoms with Gasteiger partial charge in [-0.3, -0.25) is 14.5 Å². The highest BCUT2D eigenvalue weighted by Gasteiger charge is 2.72. The Bertz CT molecular complexity index is 669. The Morgan fingerprint density at radius 2 is 1.96 bits per heavy atom. The Labute approximate surface area is 155 Å². The maximum Gasteiger partial charge on any atom is 0.234 e. The molecular weight excluding hydrogens is 326 g/mol. The lowest BCUT2D eigenvalue weighted by Gasteiger charge is -2.26. The fourth-order valence-electron chi connectivity index (χ4n) is 5.24. The van der Waals surface area contributed by atoms with E-state index in [1.807, 2.05) is 18.2 Å². The van der Waals surface area contributed by atoms with E-state index in [-0.39, 0.29) is 22.6 Å². The van der Waals surface area contributed by atoms with Gasteiger partial charge in [0, 0.05) is 26.2 Å². The lowest BCUT2D eigenvalue weighted by atomic mass is 9.84. The summed E-state index contributed by atoms with van der Waals surface area (Å²) in [6.07, 6.45) is 6.74. The summed E-state index contributed by atoms with van der Waals surface area (Å²) in [5.74, 6) is 0.312. The molecule has 5 nitrogen and oxygen atoms in total. The van der Waals surface area contributed by atoms with Crippen molar-refractivity contribution in [1.82, 2.24) is 15.5 Å². The number of nitrogens with zero attached hydrogens (tertiary/aromatic N) is 1. The minimum atomic E-state index is -0.310. The molecule has 4 rings (SSSR count). The van der Waals surface area contributed by atoms with Crippen LogP contribution in [0.1, 0.15) is 44.1 Å². The Morgan fingerprint density at radius 3 is 2.69 bits per heavy atom. The van der Waals surface area contributed by atoms with Crippen molar-refractivity contribution in [2.45, 2.75) is 43.9 Å². The molecule has 140 valence electrons. The monoisotopic (exact) mass is 355 g/mol. The topological polar surface area (TPSA) is 61.4 Å². The van der Waals surface area contributed by atoms with Gasteiger partial charge in [0.25, 0.3) is 0 Å². The second-order valence-corrected chi connectivity index (χ2v) is 8.17. The van der Waals surface area contributed by atoms with Crippen LogP contribution in [0.5, 0.6) is 0 Å². The molecule has 3 fully saturated rings. The Hall–Kier alpha value is -1.88. The standard InChI is InChI=1S/C21H29N3O2/c25-18-15-24(14-12-22-18)13-6-11-23-19(26)21(17-7-2-1-3-8-17)16-20(21)9-4-5-10-20/h1-3,7-8H,4-6,9-16H2,(H,22,25)(H,23,26). The first-order valence-corrected chi connectivity index (χ1v) is 9.99. The number of rotatable bonds is 6. The van der Waals surface area contributed by atoms with E-state index in [1.165, 1.54) is 31.2 Å².